The van der Waals surface area contributed by atoms with Gasteiger partial charge in [0.2, 0.25) is 0 Å². The standard InChI is InChI=1S/C23H34O4/c1-5-22(4,15-9-11-19(2)3)27-23(18-24,17-21(25)26)16-10-14-20-12-7-6-8-13-20/h5-8,11-13,24H,1,9-10,14-18H2,2-4H3,(H,25,26). The van der Waals surface area contributed by atoms with E-state index in [0.29, 0.717) is 12.8 Å². The zero-order chi connectivity index (χ0) is 20.3. The summed E-state index contributed by atoms with van der Waals surface area (Å²) < 4.78 is 6.28. The highest BCUT2D eigenvalue weighted by Crippen LogP contribution is 2.33. The molecular weight excluding hydrogens is 340 g/mol. The fourth-order valence-corrected chi connectivity index (χ4v) is 3.21. The zero-order valence-electron chi connectivity index (χ0n) is 16.9. The Kier molecular flexibility index (Phi) is 9.47. The number of aliphatic carboxylic acids is 1. The van der Waals surface area contributed by atoms with Crippen molar-refractivity contribution < 1.29 is 19.7 Å². The van der Waals surface area contributed by atoms with Crippen molar-refractivity contribution in [2.75, 3.05) is 6.61 Å². The first-order chi connectivity index (χ1) is 12.7. The predicted octanol–water partition coefficient (Wildman–Crippen LogP) is 4.92. The highest BCUT2D eigenvalue weighted by atomic mass is 16.5. The van der Waals surface area contributed by atoms with Crippen LogP contribution < -0.4 is 0 Å². The lowest BCUT2D eigenvalue weighted by Crippen LogP contribution is -2.46. The first-order valence-corrected chi connectivity index (χ1v) is 9.58. The number of ether oxygens (including phenoxy) is 1. The van der Waals surface area contributed by atoms with Gasteiger partial charge in [0.1, 0.15) is 5.60 Å². The Bertz CT molecular complexity index is 619. The summed E-state index contributed by atoms with van der Waals surface area (Å²) in [5.41, 5.74) is 0.601. The Morgan fingerprint density at radius 3 is 2.41 bits per heavy atom. The summed E-state index contributed by atoms with van der Waals surface area (Å²) in [7, 11) is 0. The van der Waals surface area contributed by atoms with Crippen molar-refractivity contribution in [3.63, 3.8) is 0 Å². The minimum atomic E-state index is -1.12. The molecule has 4 nitrogen and oxygen atoms in total. The highest BCUT2D eigenvalue weighted by Gasteiger charge is 2.39. The Hall–Kier alpha value is -1.91. The maximum atomic E-state index is 11.5. The summed E-state index contributed by atoms with van der Waals surface area (Å²) in [5, 5.41) is 19.4. The monoisotopic (exact) mass is 374 g/mol. The molecule has 2 unspecified atom stereocenters. The molecule has 0 heterocycles. The van der Waals surface area contributed by atoms with Crippen molar-refractivity contribution in [3.05, 3.63) is 60.2 Å². The van der Waals surface area contributed by atoms with Crippen LogP contribution in [-0.4, -0.2) is 34.0 Å². The van der Waals surface area contributed by atoms with E-state index in [4.69, 9.17) is 4.74 Å². The van der Waals surface area contributed by atoms with E-state index in [1.54, 1.807) is 6.08 Å². The number of aliphatic hydroxyl groups excluding tert-OH is 1. The Balaban J connectivity index is 2.87. The van der Waals surface area contributed by atoms with Crippen LogP contribution in [0.2, 0.25) is 0 Å². The molecule has 4 heteroatoms. The molecule has 0 saturated carbocycles. The third-order valence-corrected chi connectivity index (χ3v) is 4.78. The van der Waals surface area contributed by atoms with Crippen molar-refractivity contribution >= 4 is 5.97 Å². The number of hydrogen-bond acceptors (Lipinski definition) is 3. The molecule has 1 rings (SSSR count). The van der Waals surface area contributed by atoms with Gasteiger partial charge >= 0.3 is 5.97 Å². The van der Waals surface area contributed by atoms with E-state index in [9.17, 15) is 15.0 Å². The normalized spacial score (nSPS) is 15.4. The molecule has 0 bridgehead atoms. The molecule has 0 radical (unpaired) electrons. The fourth-order valence-electron chi connectivity index (χ4n) is 3.21. The number of carbonyl (C=O) groups is 1. The van der Waals surface area contributed by atoms with Crippen LogP contribution in [-0.2, 0) is 16.0 Å². The first kappa shape index (κ1) is 23.1. The molecule has 2 atom stereocenters. The van der Waals surface area contributed by atoms with E-state index in [1.807, 2.05) is 51.1 Å². The average Bonchev–Trinajstić information content (AvgIpc) is 2.61. The molecule has 27 heavy (non-hydrogen) atoms. The molecular formula is C23H34O4. The Labute approximate surface area is 163 Å². The minimum Gasteiger partial charge on any atom is -0.481 e. The van der Waals surface area contributed by atoms with Gasteiger partial charge in [-0.1, -0.05) is 48.1 Å². The van der Waals surface area contributed by atoms with Gasteiger partial charge in [0.05, 0.1) is 18.6 Å². The third-order valence-electron chi connectivity index (χ3n) is 4.78. The lowest BCUT2D eigenvalue weighted by atomic mass is 9.89. The van der Waals surface area contributed by atoms with Crippen LogP contribution in [0.1, 0.15) is 58.4 Å². The smallest absolute Gasteiger partial charge is 0.306 e. The SMILES string of the molecule is C=CC(C)(CCC=C(C)C)OC(CO)(CCCc1ccccc1)CC(=O)O. The number of allylic oxidation sites excluding steroid dienone is 2. The van der Waals surface area contributed by atoms with E-state index in [-0.39, 0.29) is 13.0 Å². The van der Waals surface area contributed by atoms with Gasteiger partial charge in [-0.25, -0.2) is 0 Å². The topological polar surface area (TPSA) is 66.8 Å². The van der Waals surface area contributed by atoms with Crippen molar-refractivity contribution in [2.24, 2.45) is 0 Å². The summed E-state index contributed by atoms with van der Waals surface area (Å²) in [6.07, 6.45) is 7.12. The molecule has 0 aliphatic rings. The van der Waals surface area contributed by atoms with Gasteiger partial charge in [0, 0.05) is 0 Å². The zero-order valence-corrected chi connectivity index (χ0v) is 16.9. The highest BCUT2D eigenvalue weighted by molar-refractivity contribution is 5.68. The van der Waals surface area contributed by atoms with E-state index < -0.39 is 17.2 Å². The number of benzene rings is 1. The van der Waals surface area contributed by atoms with Crippen LogP contribution in [0.25, 0.3) is 0 Å². The number of aryl methyl sites for hydroxylation is 1. The van der Waals surface area contributed by atoms with Gasteiger partial charge in [-0.15, -0.1) is 6.58 Å². The molecule has 0 aromatic heterocycles. The molecule has 1 aromatic carbocycles. The maximum Gasteiger partial charge on any atom is 0.306 e. The van der Waals surface area contributed by atoms with Crippen molar-refractivity contribution in [1.82, 2.24) is 0 Å². The average molecular weight is 375 g/mol. The van der Waals surface area contributed by atoms with Crippen molar-refractivity contribution in [2.45, 2.75) is 70.5 Å². The van der Waals surface area contributed by atoms with Gasteiger partial charge in [-0.2, -0.15) is 0 Å². The van der Waals surface area contributed by atoms with Gasteiger partial charge in [0.25, 0.3) is 0 Å². The summed E-state index contributed by atoms with van der Waals surface area (Å²) in [4.78, 5) is 11.5. The number of aliphatic hydroxyl groups is 1. The molecule has 2 N–H and O–H groups in total. The molecule has 0 saturated heterocycles. The molecule has 1 aromatic rings. The lowest BCUT2D eigenvalue weighted by molar-refractivity contribution is -0.173. The van der Waals surface area contributed by atoms with Gasteiger partial charge in [-0.05, 0) is 58.4 Å². The van der Waals surface area contributed by atoms with E-state index in [2.05, 4.69) is 12.7 Å². The first-order valence-electron chi connectivity index (χ1n) is 9.58. The lowest BCUT2D eigenvalue weighted by Gasteiger charge is -2.39. The summed E-state index contributed by atoms with van der Waals surface area (Å²) in [6.45, 7) is 9.53. The number of carboxylic acids is 1. The molecule has 150 valence electrons. The second-order valence-corrected chi connectivity index (χ2v) is 7.69. The Morgan fingerprint density at radius 1 is 1.22 bits per heavy atom. The molecule has 0 spiro atoms. The van der Waals surface area contributed by atoms with Crippen molar-refractivity contribution in [1.29, 1.82) is 0 Å². The molecule has 0 aliphatic heterocycles. The van der Waals surface area contributed by atoms with Gasteiger partial charge in [-0.3, -0.25) is 4.79 Å². The molecule has 0 amide bonds. The van der Waals surface area contributed by atoms with Crippen LogP contribution in [0.4, 0.5) is 0 Å². The van der Waals surface area contributed by atoms with Crippen LogP contribution in [0.15, 0.2) is 54.6 Å². The number of rotatable bonds is 13. The number of carboxylic acid groups (broad SMARTS) is 1. The van der Waals surface area contributed by atoms with Crippen LogP contribution >= 0.6 is 0 Å². The number of hydrogen-bond donors (Lipinski definition) is 2. The molecule has 0 fully saturated rings. The third kappa shape index (κ3) is 8.55. The van der Waals surface area contributed by atoms with E-state index in [0.717, 1.165) is 19.3 Å². The summed E-state index contributed by atoms with van der Waals surface area (Å²) in [6, 6.07) is 10.0. The van der Waals surface area contributed by atoms with Gasteiger partial charge in [0.15, 0.2) is 0 Å². The second kappa shape index (κ2) is 11.1. The second-order valence-electron chi connectivity index (χ2n) is 7.69. The van der Waals surface area contributed by atoms with Crippen LogP contribution in [0, 0.1) is 0 Å². The Morgan fingerprint density at radius 2 is 1.89 bits per heavy atom. The largest absolute Gasteiger partial charge is 0.481 e. The minimum absolute atomic E-state index is 0.232. The van der Waals surface area contributed by atoms with Crippen LogP contribution in [0.5, 0.6) is 0 Å². The predicted molar refractivity (Wildman–Crippen MR) is 110 cm³/mol. The van der Waals surface area contributed by atoms with Crippen molar-refractivity contribution in [3.8, 4) is 0 Å². The summed E-state index contributed by atoms with van der Waals surface area (Å²) >= 11 is 0. The maximum absolute atomic E-state index is 11.5. The quantitative estimate of drug-likeness (QED) is 0.481. The fraction of sp³-hybridized carbons (Fsp3) is 0.522. The van der Waals surface area contributed by atoms with E-state index in [1.165, 1.54) is 11.1 Å². The van der Waals surface area contributed by atoms with Gasteiger partial charge < -0.3 is 14.9 Å². The van der Waals surface area contributed by atoms with E-state index >= 15 is 0 Å². The summed E-state index contributed by atoms with van der Waals surface area (Å²) in [5.74, 6) is -0.973. The van der Waals surface area contributed by atoms with Crippen LogP contribution in [0.3, 0.4) is 0 Å². The molecule has 0 aliphatic carbocycles.